The van der Waals surface area contributed by atoms with E-state index in [0.29, 0.717) is 42.0 Å². The summed E-state index contributed by atoms with van der Waals surface area (Å²) in [6.45, 7) is 2.67. The molecule has 2 aliphatic rings. The number of pyridine rings is 1. The van der Waals surface area contributed by atoms with Gasteiger partial charge in [0, 0.05) is 22.4 Å². The molecule has 0 spiro atoms. The molecule has 36 heavy (non-hydrogen) atoms. The summed E-state index contributed by atoms with van der Waals surface area (Å²) in [6.07, 6.45) is 9.45. The minimum absolute atomic E-state index is 0.349. The van der Waals surface area contributed by atoms with E-state index in [1.807, 2.05) is 23.7 Å². The van der Waals surface area contributed by atoms with Crippen molar-refractivity contribution >= 4 is 40.2 Å². The number of thioether (sulfide) groups is 1. The number of carbonyl (C=O) groups excluding carboxylic acids is 1. The Hall–Kier alpha value is -1.58. The molecule has 1 aliphatic heterocycles. The Balaban J connectivity index is 1.36. The van der Waals surface area contributed by atoms with Gasteiger partial charge in [-0.2, -0.15) is 11.8 Å². The Morgan fingerprint density at radius 3 is 2.78 bits per heavy atom. The molecule has 0 radical (unpaired) electrons. The fraction of sp³-hybridized carbons (Fsp3) is 0.630. The summed E-state index contributed by atoms with van der Waals surface area (Å²) in [5, 5.41) is 22.7. The molecule has 1 saturated carbocycles. The molecule has 4 rings (SSSR count). The van der Waals surface area contributed by atoms with Crippen LogP contribution in [0.2, 0.25) is 5.02 Å². The third-order valence-electron chi connectivity index (χ3n) is 7.97. The number of carbonyl (C=O) groups is 1. The molecule has 198 valence electrons. The summed E-state index contributed by atoms with van der Waals surface area (Å²) >= 11 is 8.59. The van der Waals surface area contributed by atoms with Crippen molar-refractivity contribution in [2.24, 2.45) is 5.41 Å². The zero-order chi connectivity index (χ0) is 25.5. The molecule has 0 unspecified atom stereocenters. The Kier molecular flexibility index (Phi) is 9.75. The summed E-state index contributed by atoms with van der Waals surface area (Å²) in [4.78, 5) is 19.6. The Morgan fingerprint density at radius 1 is 1.33 bits per heavy atom. The number of piperidine rings is 1. The van der Waals surface area contributed by atoms with E-state index in [4.69, 9.17) is 16.3 Å². The van der Waals surface area contributed by atoms with Gasteiger partial charge in [0.1, 0.15) is 5.75 Å². The van der Waals surface area contributed by atoms with Crippen molar-refractivity contribution in [3.05, 3.63) is 35.0 Å². The molecular weight excluding hydrogens is 498 g/mol. The molecule has 1 aliphatic carbocycles. The van der Waals surface area contributed by atoms with Crippen molar-refractivity contribution in [3.63, 3.8) is 0 Å². The lowest BCUT2D eigenvalue weighted by molar-refractivity contribution is -0.143. The molecule has 1 amide bonds. The molecule has 0 bridgehead atoms. The van der Waals surface area contributed by atoms with Crippen molar-refractivity contribution in [2.45, 2.75) is 69.1 Å². The largest absolute Gasteiger partial charge is 0.497 e. The average Bonchev–Trinajstić information content (AvgIpc) is 3.43. The van der Waals surface area contributed by atoms with E-state index in [9.17, 15) is 15.1 Å². The lowest BCUT2D eigenvalue weighted by atomic mass is 9.73. The van der Waals surface area contributed by atoms with Crippen LogP contribution < -0.4 is 10.2 Å². The summed E-state index contributed by atoms with van der Waals surface area (Å²) in [5.41, 5.74) is 2.50. The molecule has 2 fully saturated rings. The van der Waals surface area contributed by atoms with E-state index in [1.165, 1.54) is 31.4 Å². The third-order valence-corrected chi connectivity index (χ3v) is 9.74. The van der Waals surface area contributed by atoms with Gasteiger partial charge >= 0.3 is 0 Å². The van der Waals surface area contributed by atoms with Gasteiger partial charge in [-0.25, -0.2) is 5.48 Å². The first kappa shape index (κ1) is 27.5. The van der Waals surface area contributed by atoms with Crippen LogP contribution in [0.15, 0.2) is 24.4 Å². The van der Waals surface area contributed by atoms with Gasteiger partial charge in [-0.3, -0.25) is 15.0 Å². The number of fused-ring (bicyclic) bond motifs is 1. The van der Waals surface area contributed by atoms with E-state index in [0.717, 1.165) is 42.2 Å². The SMILES string of the molecule is COc1ccc2ncc(Cl)c([C@H](O)CCC3(C(=O)NO)CCN(CCCSC4CCCC4)CC3)c2c1. The predicted octanol–water partition coefficient (Wildman–Crippen LogP) is 5.36. The maximum atomic E-state index is 12.8. The van der Waals surface area contributed by atoms with Gasteiger partial charge in [-0.1, -0.05) is 24.4 Å². The first-order valence-electron chi connectivity index (χ1n) is 13.0. The van der Waals surface area contributed by atoms with Gasteiger partial charge < -0.3 is 14.7 Å². The van der Waals surface area contributed by atoms with Gasteiger partial charge in [0.05, 0.1) is 29.2 Å². The van der Waals surface area contributed by atoms with E-state index >= 15 is 0 Å². The minimum atomic E-state index is -0.871. The number of likely N-dealkylation sites (tertiary alicyclic amines) is 1. The number of methoxy groups -OCH3 is 1. The first-order chi connectivity index (χ1) is 17.5. The molecule has 1 saturated heterocycles. The molecule has 1 atom stereocenters. The van der Waals surface area contributed by atoms with E-state index in [2.05, 4.69) is 21.6 Å². The second kappa shape index (κ2) is 12.8. The number of ether oxygens (including phenoxy) is 1. The Labute approximate surface area is 222 Å². The summed E-state index contributed by atoms with van der Waals surface area (Å²) < 4.78 is 5.35. The number of halogens is 1. The lowest BCUT2D eigenvalue weighted by Gasteiger charge is -2.40. The number of hydrogen-bond donors (Lipinski definition) is 3. The maximum Gasteiger partial charge on any atom is 0.249 e. The highest BCUT2D eigenvalue weighted by molar-refractivity contribution is 7.99. The average molecular weight is 536 g/mol. The van der Waals surface area contributed by atoms with Crippen LogP contribution in [0.5, 0.6) is 5.75 Å². The fourth-order valence-electron chi connectivity index (χ4n) is 5.70. The number of nitrogens with one attached hydrogen (secondary N) is 1. The smallest absolute Gasteiger partial charge is 0.249 e. The molecule has 7 nitrogen and oxygen atoms in total. The molecule has 9 heteroatoms. The standard InChI is InChI=1S/C27H38ClN3O4S/c1-35-19-7-8-23-21(17-19)25(22(28)18-29-23)24(32)9-10-27(26(33)30-34)11-14-31(15-12-27)13-4-16-36-20-5-2-3-6-20/h7-8,17-18,20,24,32,34H,2-6,9-16H2,1H3,(H,30,33)/t24-/m1/s1. The number of aliphatic hydroxyl groups is 1. The monoisotopic (exact) mass is 535 g/mol. The van der Waals surface area contributed by atoms with Crippen LogP contribution in [0.4, 0.5) is 0 Å². The topological polar surface area (TPSA) is 94.9 Å². The Bertz CT molecular complexity index is 1030. The number of hydroxylamine groups is 1. The summed E-state index contributed by atoms with van der Waals surface area (Å²) in [6, 6.07) is 5.48. The molecule has 1 aromatic heterocycles. The number of nitrogens with zero attached hydrogens (tertiary/aromatic N) is 2. The van der Waals surface area contributed by atoms with Crippen LogP contribution in [0.1, 0.15) is 69.5 Å². The highest BCUT2D eigenvalue weighted by Crippen LogP contribution is 2.41. The number of benzene rings is 1. The minimum Gasteiger partial charge on any atom is -0.497 e. The van der Waals surface area contributed by atoms with Gasteiger partial charge in [-0.15, -0.1) is 0 Å². The number of rotatable bonds is 11. The lowest BCUT2D eigenvalue weighted by Crippen LogP contribution is -2.48. The zero-order valence-electron chi connectivity index (χ0n) is 21.0. The van der Waals surface area contributed by atoms with Gasteiger partial charge in [0.25, 0.3) is 0 Å². The fourth-order valence-corrected chi connectivity index (χ4v) is 7.27. The highest BCUT2D eigenvalue weighted by Gasteiger charge is 2.41. The van der Waals surface area contributed by atoms with Crippen LogP contribution in [-0.2, 0) is 4.79 Å². The van der Waals surface area contributed by atoms with Gasteiger partial charge in [0.2, 0.25) is 5.91 Å². The first-order valence-corrected chi connectivity index (χ1v) is 14.5. The number of hydrogen-bond acceptors (Lipinski definition) is 7. The quantitative estimate of drug-likeness (QED) is 0.202. The molecule has 3 N–H and O–H groups in total. The van der Waals surface area contributed by atoms with Crippen LogP contribution in [0.3, 0.4) is 0 Å². The highest BCUT2D eigenvalue weighted by atomic mass is 35.5. The molecule has 2 aromatic rings. The number of aromatic nitrogens is 1. The second-order valence-corrected chi connectivity index (χ2v) is 12.0. The Morgan fingerprint density at radius 2 is 2.08 bits per heavy atom. The molecule has 2 heterocycles. The van der Waals surface area contributed by atoms with E-state index < -0.39 is 11.5 Å². The van der Waals surface area contributed by atoms with Crippen molar-refractivity contribution in [1.29, 1.82) is 0 Å². The van der Waals surface area contributed by atoms with Crippen molar-refractivity contribution < 1.29 is 19.8 Å². The number of aliphatic hydroxyl groups excluding tert-OH is 1. The van der Waals surface area contributed by atoms with Crippen LogP contribution >= 0.6 is 23.4 Å². The predicted molar refractivity (Wildman–Crippen MR) is 145 cm³/mol. The van der Waals surface area contributed by atoms with Crippen molar-refractivity contribution in [3.8, 4) is 5.75 Å². The molecular formula is C27H38ClN3O4S. The van der Waals surface area contributed by atoms with Gasteiger partial charge in [-0.05, 0) is 88.5 Å². The van der Waals surface area contributed by atoms with Crippen molar-refractivity contribution in [2.75, 3.05) is 32.5 Å². The zero-order valence-corrected chi connectivity index (χ0v) is 22.6. The van der Waals surface area contributed by atoms with Crippen LogP contribution in [-0.4, -0.2) is 63.9 Å². The number of amides is 1. The second-order valence-electron chi connectivity index (χ2n) is 10.2. The summed E-state index contributed by atoms with van der Waals surface area (Å²) in [7, 11) is 1.59. The van der Waals surface area contributed by atoms with Crippen LogP contribution in [0.25, 0.3) is 10.9 Å². The van der Waals surface area contributed by atoms with E-state index in [-0.39, 0.29) is 5.91 Å². The van der Waals surface area contributed by atoms with E-state index in [1.54, 1.807) is 13.3 Å². The third kappa shape index (κ3) is 6.45. The van der Waals surface area contributed by atoms with Crippen LogP contribution in [0, 0.1) is 5.41 Å². The summed E-state index contributed by atoms with van der Waals surface area (Å²) in [5.74, 6) is 1.49. The maximum absolute atomic E-state index is 12.8. The van der Waals surface area contributed by atoms with Gasteiger partial charge in [0.15, 0.2) is 0 Å². The van der Waals surface area contributed by atoms with Crippen molar-refractivity contribution in [1.82, 2.24) is 15.4 Å². The molecule has 1 aromatic carbocycles. The normalized spacial score (nSPS) is 19.4.